The molecule has 0 saturated heterocycles. The molecule has 4 aromatic rings. The Morgan fingerprint density at radius 1 is 0.963 bits per heavy atom. The number of nitrogens with zero attached hydrogens (tertiary/aromatic N) is 3. The minimum Gasteiger partial charge on any atom is -0.507 e. The molecule has 7 heteroatoms. The Morgan fingerprint density at radius 2 is 1.78 bits per heavy atom. The molecule has 27 heavy (non-hydrogen) atoms. The van der Waals surface area contributed by atoms with E-state index in [1.165, 1.54) is 0 Å². The van der Waals surface area contributed by atoms with Crippen molar-refractivity contribution in [1.29, 1.82) is 0 Å². The number of phenolic OH excluding ortho intramolecular Hbond substituents is 1. The number of methoxy groups -OCH3 is 2. The van der Waals surface area contributed by atoms with Crippen molar-refractivity contribution in [2.24, 2.45) is 0 Å². The van der Waals surface area contributed by atoms with Crippen molar-refractivity contribution in [2.75, 3.05) is 19.5 Å². The number of para-hydroxylation sites is 1. The van der Waals surface area contributed by atoms with Crippen LogP contribution in [0.5, 0.6) is 17.2 Å². The van der Waals surface area contributed by atoms with Crippen LogP contribution in [0.2, 0.25) is 0 Å². The highest BCUT2D eigenvalue weighted by molar-refractivity contribution is 5.86. The fourth-order valence-corrected chi connectivity index (χ4v) is 3.04. The topological polar surface area (TPSA) is 80.9 Å². The van der Waals surface area contributed by atoms with Gasteiger partial charge in [0, 0.05) is 6.20 Å². The third kappa shape index (κ3) is 2.89. The number of rotatable bonds is 5. The Labute approximate surface area is 155 Å². The summed E-state index contributed by atoms with van der Waals surface area (Å²) in [6.45, 7) is 0. The minimum atomic E-state index is 0.120. The van der Waals surface area contributed by atoms with E-state index in [0.29, 0.717) is 39.8 Å². The zero-order chi connectivity index (χ0) is 18.8. The summed E-state index contributed by atoms with van der Waals surface area (Å²) in [6, 6.07) is 14.5. The quantitative estimate of drug-likeness (QED) is 0.561. The Bertz CT molecular complexity index is 1110. The maximum Gasteiger partial charge on any atom is 0.184 e. The number of nitrogens with one attached hydrogen (secondary N) is 1. The van der Waals surface area contributed by atoms with E-state index in [2.05, 4.69) is 15.4 Å². The molecule has 2 N–H and O–H groups in total. The molecular formula is C20H18N4O3. The minimum absolute atomic E-state index is 0.120. The Balaban J connectivity index is 1.86. The first-order valence-electron chi connectivity index (χ1n) is 8.32. The highest BCUT2D eigenvalue weighted by atomic mass is 16.5. The second kappa shape index (κ2) is 6.87. The SMILES string of the molecule is COc1cccc(Nc2cccc(O)c2-c2cnc3cccnn23)c1OC. The van der Waals surface area contributed by atoms with E-state index in [4.69, 9.17) is 9.47 Å². The van der Waals surface area contributed by atoms with Crippen LogP contribution in [0.4, 0.5) is 11.4 Å². The number of fused-ring (bicyclic) bond motifs is 1. The normalized spacial score (nSPS) is 10.7. The van der Waals surface area contributed by atoms with Gasteiger partial charge in [-0.1, -0.05) is 12.1 Å². The monoisotopic (exact) mass is 362 g/mol. The molecule has 0 fully saturated rings. The molecular weight excluding hydrogens is 344 g/mol. The van der Waals surface area contributed by atoms with Crippen molar-refractivity contribution in [3.63, 3.8) is 0 Å². The number of benzene rings is 2. The number of anilines is 2. The van der Waals surface area contributed by atoms with Crippen LogP contribution >= 0.6 is 0 Å². The first-order chi connectivity index (χ1) is 13.2. The van der Waals surface area contributed by atoms with Crippen LogP contribution in [0.3, 0.4) is 0 Å². The number of hydrogen-bond acceptors (Lipinski definition) is 6. The Hall–Kier alpha value is -3.74. The molecule has 136 valence electrons. The third-order valence-corrected chi connectivity index (χ3v) is 4.25. The van der Waals surface area contributed by atoms with E-state index >= 15 is 0 Å². The lowest BCUT2D eigenvalue weighted by molar-refractivity contribution is 0.356. The van der Waals surface area contributed by atoms with Gasteiger partial charge in [-0.3, -0.25) is 0 Å². The number of aromatic hydroxyl groups is 1. The predicted molar refractivity (Wildman–Crippen MR) is 103 cm³/mol. The number of ether oxygens (including phenoxy) is 2. The summed E-state index contributed by atoms with van der Waals surface area (Å²) >= 11 is 0. The highest BCUT2D eigenvalue weighted by Crippen LogP contribution is 2.41. The number of aromatic nitrogens is 3. The van der Waals surface area contributed by atoms with Crippen molar-refractivity contribution < 1.29 is 14.6 Å². The maximum atomic E-state index is 10.6. The van der Waals surface area contributed by atoms with Gasteiger partial charge in [-0.25, -0.2) is 9.50 Å². The van der Waals surface area contributed by atoms with Crippen LogP contribution in [0.25, 0.3) is 16.9 Å². The largest absolute Gasteiger partial charge is 0.507 e. The van der Waals surface area contributed by atoms with E-state index < -0.39 is 0 Å². The van der Waals surface area contributed by atoms with Crippen molar-refractivity contribution >= 4 is 17.0 Å². The van der Waals surface area contributed by atoms with E-state index in [9.17, 15) is 5.11 Å². The number of imidazole rings is 1. The lowest BCUT2D eigenvalue weighted by Crippen LogP contribution is -2.00. The Morgan fingerprint density at radius 3 is 2.59 bits per heavy atom. The second-order valence-corrected chi connectivity index (χ2v) is 5.80. The average Bonchev–Trinajstić information content (AvgIpc) is 3.11. The lowest BCUT2D eigenvalue weighted by atomic mass is 10.1. The van der Waals surface area contributed by atoms with Crippen LogP contribution in [0, 0.1) is 0 Å². The van der Waals surface area contributed by atoms with E-state index in [1.54, 1.807) is 43.3 Å². The van der Waals surface area contributed by atoms with Gasteiger partial charge in [0.15, 0.2) is 17.1 Å². The molecule has 2 heterocycles. The molecule has 0 aliphatic rings. The van der Waals surface area contributed by atoms with Crippen molar-refractivity contribution in [3.05, 3.63) is 60.9 Å². The third-order valence-electron chi connectivity index (χ3n) is 4.25. The predicted octanol–water partition coefficient (Wildman–Crippen LogP) is 3.86. The van der Waals surface area contributed by atoms with Gasteiger partial charge in [0.2, 0.25) is 0 Å². The summed E-state index contributed by atoms with van der Waals surface area (Å²) in [5.41, 5.74) is 3.36. The maximum absolute atomic E-state index is 10.6. The van der Waals surface area contributed by atoms with E-state index in [-0.39, 0.29) is 5.75 Å². The van der Waals surface area contributed by atoms with Crippen LogP contribution in [0.15, 0.2) is 60.9 Å². The standard InChI is InChI=1S/C20H18N4O3/c1-26-17-9-4-7-14(20(17)27-2)23-13-6-3-8-16(25)19(13)15-12-21-18-10-5-11-22-24(15)18/h3-12,23,25H,1-2H3. The van der Waals surface area contributed by atoms with Gasteiger partial charge in [-0.05, 0) is 36.4 Å². The second-order valence-electron chi connectivity index (χ2n) is 5.80. The van der Waals surface area contributed by atoms with Crippen LogP contribution in [-0.4, -0.2) is 33.9 Å². The summed E-state index contributed by atoms with van der Waals surface area (Å²) < 4.78 is 12.5. The van der Waals surface area contributed by atoms with E-state index in [0.717, 1.165) is 0 Å². The average molecular weight is 362 g/mol. The van der Waals surface area contributed by atoms with Gasteiger partial charge >= 0.3 is 0 Å². The van der Waals surface area contributed by atoms with Crippen molar-refractivity contribution in [1.82, 2.24) is 14.6 Å². The molecule has 0 saturated carbocycles. The first kappa shape index (κ1) is 16.7. The molecule has 0 bridgehead atoms. The van der Waals surface area contributed by atoms with Crippen molar-refractivity contribution in [2.45, 2.75) is 0 Å². The van der Waals surface area contributed by atoms with Gasteiger partial charge in [0.1, 0.15) is 5.75 Å². The summed E-state index contributed by atoms with van der Waals surface area (Å²) in [5.74, 6) is 1.31. The summed E-state index contributed by atoms with van der Waals surface area (Å²) in [6.07, 6.45) is 3.36. The van der Waals surface area contributed by atoms with Crippen LogP contribution in [-0.2, 0) is 0 Å². The highest BCUT2D eigenvalue weighted by Gasteiger charge is 2.17. The van der Waals surface area contributed by atoms with Gasteiger partial charge in [0.05, 0.1) is 43.0 Å². The van der Waals surface area contributed by atoms with Gasteiger partial charge in [-0.2, -0.15) is 5.10 Å². The molecule has 0 atom stereocenters. The molecule has 0 unspecified atom stereocenters. The molecule has 0 spiro atoms. The first-order valence-corrected chi connectivity index (χ1v) is 8.32. The molecule has 0 aliphatic carbocycles. The number of hydrogen-bond donors (Lipinski definition) is 2. The summed E-state index contributed by atoms with van der Waals surface area (Å²) in [4.78, 5) is 4.36. The van der Waals surface area contributed by atoms with Gasteiger partial charge in [-0.15, -0.1) is 0 Å². The van der Waals surface area contributed by atoms with Gasteiger partial charge in [0.25, 0.3) is 0 Å². The molecule has 0 radical (unpaired) electrons. The fraction of sp³-hybridized carbons (Fsp3) is 0.100. The molecule has 2 aromatic carbocycles. The van der Waals surface area contributed by atoms with Crippen molar-refractivity contribution in [3.8, 4) is 28.5 Å². The lowest BCUT2D eigenvalue weighted by Gasteiger charge is -2.17. The van der Waals surface area contributed by atoms with E-state index in [1.807, 2.05) is 36.4 Å². The molecule has 7 nitrogen and oxygen atoms in total. The molecule has 0 amide bonds. The smallest absolute Gasteiger partial charge is 0.184 e. The van der Waals surface area contributed by atoms with Crippen LogP contribution in [0.1, 0.15) is 0 Å². The zero-order valence-corrected chi connectivity index (χ0v) is 14.9. The number of phenols is 1. The molecule has 0 aliphatic heterocycles. The van der Waals surface area contributed by atoms with Crippen LogP contribution < -0.4 is 14.8 Å². The molecule has 4 rings (SSSR count). The molecule has 2 aromatic heterocycles. The fourth-order valence-electron chi connectivity index (χ4n) is 3.04. The van der Waals surface area contributed by atoms with Gasteiger partial charge < -0.3 is 19.9 Å². The summed E-state index contributed by atoms with van der Waals surface area (Å²) in [5, 5.41) is 18.2. The Kier molecular flexibility index (Phi) is 4.25. The summed E-state index contributed by atoms with van der Waals surface area (Å²) in [7, 11) is 3.17. The zero-order valence-electron chi connectivity index (χ0n) is 14.9.